The first-order chi connectivity index (χ1) is 25.4. The number of amides is 2. The SMILES string of the molecule is CCc1c(N2CCN(C(=O)c3ncnc(C)c3O)CC2)c(=O)n2nc(-c3ccc4c(c3)OCC4)nc2n1CC(=O)Nc1ccc(C(F)(F)F)c2c1CC2. The van der Waals surface area contributed by atoms with Crippen molar-refractivity contribution in [1.82, 2.24) is 34.0 Å². The minimum atomic E-state index is -4.49. The van der Waals surface area contributed by atoms with Gasteiger partial charge in [-0.15, -0.1) is 5.10 Å². The summed E-state index contributed by atoms with van der Waals surface area (Å²) in [4.78, 5) is 57.4. The van der Waals surface area contributed by atoms with Crippen LogP contribution in [0.2, 0.25) is 0 Å². The Balaban J connectivity index is 1.15. The van der Waals surface area contributed by atoms with E-state index in [2.05, 4.69) is 20.4 Å². The number of aromatic hydroxyl groups is 1. The molecule has 53 heavy (non-hydrogen) atoms. The lowest BCUT2D eigenvalue weighted by Gasteiger charge is -2.36. The van der Waals surface area contributed by atoms with Gasteiger partial charge in [-0.1, -0.05) is 19.1 Å². The highest BCUT2D eigenvalue weighted by Gasteiger charge is 2.37. The number of fused-ring (bicyclic) bond motifs is 3. The summed E-state index contributed by atoms with van der Waals surface area (Å²) in [7, 11) is 0. The predicted octanol–water partition coefficient (Wildman–Crippen LogP) is 3.58. The maximum atomic E-state index is 14.3. The topological polar surface area (TPSA) is 160 Å². The molecule has 1 fully saturated rings. The van der Waals surface area contributed by atoms with Crippen molar-refractivity contribution in [3.63, 3.8) is 0 Å². The van der Waals surface area contributed by atoms with Crippen LogP contribution in [0.3, 0.4) is 0 Å². The van der Waals surface area contributed by atoms with Gasteiger partial charge in [-0.25, -0.2) is 9.97 Å². The lowest BCUT2D eigenvalue weighted by atomic mass is 9.83. The van der Waals surface area contributed by atoms with Gasteiger partial charge in [-0.2, -0.15) is 22.7 Å². The summed E-state index contributed by atoms with van der Waals surface area (Å²) in [5.74, 6) is -0.208. The van der Waals surface area contributed by atoms with E-state index < -0.39 is 29.1 Å². The van der Waals surface area contributed by atoms with Crippen LogP contribution in [0, 0.1) is 6.92 Å². The molecule has 0 radical (unpaired) electrons. The summed E-state index contributed by atoms with van der Waals surface area (Å²) >= 11 is 0. The number of halogens is 3. The monoisotopic (exact) mass is 729 g/mol. The Morgan fingerprint density at radius 3 is 2.51 bits per heavy atom. The van der Waals surface area contributed by atoms with Crippen molar-refractivity contribution < 1.29 is 32.6 Å². The molecule has 5 aromatic rings. The number of carbonyl (C=O) groups is 2. The van der Waals surface area contributed by atoms with Gasteiger partial charge < -0.3 is 29.5 Å². The van der Waals surface area contributed by atoms with Gasteiger partial charge in [-0.05, 0) is 61.1 Å². The second-order valence-corrected chi connectivity index (χ2v) is 13.2. The molecule has 1 saturated heterocycles. The molecule has 274 valence electrons. The first kappa shape index (κ1) is 34.1. The molecule has 3 aliphatic rings. The van der Waals surface area contributed by atoms with Crippen molar-refractivity contribution >= 4 is 29.0 Å². The third kappa shape index (κ3) is 5.89. The number of anilines is 2. The van der Waals surface area contributed by atoms with E-state index in [0.29, 0.717) is 47.7 Å². The summed E-state index contributed by atoms with van der Waals surface area (Å²) in [6.45, 7) is 4.57. The van der Waals surface area contributed by atoms with Crippen LogP contribution in [0.5, 0.6) is 11.5 Å². The van der Waals surface area contributed by atoms with Crippen molar-refractivity contribution in [1.29, 1.82) is 0 Å². The van der Waals surface area contributed by atoms with E-state index in [1.807, 2.05) is 30.0 Å². The van der Waals surface area contributed by atoms with E-state index in [0.717, 1.165) is 22.6 Å². The largest absolute Gasteiger partial charge is 0.504 e. The highest BCUT2D eigenvalue weighted by Crippen LogP contribution is 2.41. The van der Waals surface area contributed by atoms with Gasteiger partial charge in [0.25, 0.3) is 11.5 Å². The van der Waals surface area contributed by atoms with E-state index in [4.69, 9.17) is 9.72 Å². The molecule has 0 bridgehead atoms. The molecular formula is C36H34F3N9O5. The Labute approximate surface area is 299 Å². The fourth-order valence-electron chi connectivity index (χ4n) is 7.32. The summed E-state index contributed by atoms with van der Waals surface area (Å²) in [5.41, 5.74) is 2.40. The lowest BCUT2D eigenvalue weighted by molar-refractivity contribution is -0.138. The van der Waals surface area contributed by atoms with Crippen molar-refractivity contribution in [2.45, 2.75) is 52.3 Å². The van der Waals surface area contributed by atoms with Gasteiger partial charge in [0.05, 0.1) is 23.6 Å². The molecule has 0 spiro atoms. The van der Waals surface area contributed by atoms with Crippen LogP contribution in [0.15, 0.2) is 41.5 Å². The molecular weight excluding hydrogens is 695 g/mol. The molecule has 14 nitrogen and oxygen atoms in total. The predicted molar refractivity (Wildman–Crippen MR) is 185 cm³/mol. The second-order valence-electron chi connectivity index (χ2n) is 13.2. The quantitative estimate of drug-likeness (QED) is 0.254. The summed E-state index contributed by atoms with van der Waals surface area (Å²) in [5, 5.41) is 17.8. The zero-order valence-electron chi connectivity index (χ0n) is 28.8. The fraction of sp³-hybridized carbons (Fsp3) is 0.361. The van der Waals surface area contributed by atoms with Crippen LogP contribution >= 0.6 is 0 Å². The molecule has 0 unspecified atom stereocenters. The number of aryl methyl sites for hydroxylation is 1. The van der Waals surface area contributed by atoms with Gasteiger partial charge in [0.2, 0.25) is 11.7 Å². The van der Waals surface area contributed by atoms with E-state index in [-0.39, 0.29) is 79.1 Å². The van der Waals surface area contributed by atoms with Crippen LogP contribution in [-0.4, -0.2) is 83.7 Å². The first-order valence-corrected chi connectivity index (χ1v) is 17.3. The van der Waals surface area contributed by atoms with Gasteiger partial charge in [0.15, 0.2) is 17.3 Å². The average Bonchev–Trinajstić information content (AvgIpc) is 3.78. The number of aromatic nitrogens is 6. The molecule has 2 amide bonds. The van der Waals surface area contributed by atoms with Gasteiger partial charge in [0, 0.05) is 43.9 Å². The Morgan fingerprint density at radius 1 is 1.02 bits per heavy atom. The summed E-state index contributed by atoms with van der Waals surface area (Å²) < 4.78 is 49.3. The van der Waals surface area contributed by atoms with Crippen LogP contribution in [-0.2, 0) is 43.2 Å². The molecule has 2 N–H and O–H groups in total. The minimum absolute atomic E-state index is 0.106. The zero-order valence-corrected chi connectivity index (χ0v) is 28.8. The Morgan fingerprint density at radius 2 is 1.79 bits per heavy atom. The number of ether oxygens (including phenoxy) is 1. The third-order valence-electron chi connectivity index (χ3n) is 10.1. The van der Waals surface area contributed by atoms with Gasteiger partial charge >= 0.3 is 6.18 Å². The number of hydrogen-bond acceptors (Lipinski definition) is 10. The molecule has 1 aliphatic carbocycles. The maximum absolute atomic E-state index is 14.3. The number of nitrogens with one attached hydrogen (secondary N) is 1. The summed E-state index contributed by atoms with van der Waals surface area (Å²) in [6.07, 6.45) is -1.51. The number of benzene rings is 2. The van der Waals surface area contributed by atoms with Crippen molar-refractivity contribution in [3.05, 3.63) is 86.3 Å². The molecule has 5 heterocycles. The first-order valence-electron chi connectivity index (χ1n) is 17.3. The van der Waals surface area contributed by atoms with Crippen LogP contribution in [0.25, 0.3) is 17.2 Å². The normalized spacial score (nSPS) is 15.2. The number of carbonyl (C=O) groups excluding carboxylic acids is 2. The number of rotatable bonds is 7. The van der Waals surface area contributed by atoms with E-state index >= 15 is 0 Å². The highest BCUT2D eigenvalue weighted by atomic mass is 19.4. The maximum Gasteiger partial charge on any atom is 0.416 e. The van der Waals surface area contributed by atoms with Crippen LogP contribution < -0.4 is 20.5 Å². The standard InChI is InChI=1S/C36H34F3N9O5/c1-3-26-30(45-11-13-46(14-12-45)33(51)29-31(50)19(2)40-18-41-29)34(52)48-35(43-32(44-48)21-5-4-20-10-15-53-27(20)16-21)47(26)17-28(49)42-25-9-8-24(36(37,38)39)22-6-7-23(22)25/h4-5,8-9,16,18,50H,3,6-7,10-15,17H2,1-2H3,(H,42,49). The number of hydrogen-bond donors (Lipinski definition) is 2. The Kier molecular flexibility index (Phi) is 8.30. The number of alkyl halides is 3. The van der Waals surface area contributed by atoms with Crippen molar-refractivity contribution in [3.8, 4) is 22.9 Å². The molecule has 3 aromatic heterocycles. The molecule has 0 saturated carbocycles. The fourth-order valence-corrected chi connectivity index (χ4v) is 7.32. The minimum Gasteiger partial charge on any atom is -0.504 e. The average molecular weight is 730 g/mol. The van der Waals surface area contributed by atoms with E-state index in [1.54, 1.807) is 11.5 Å². The molecule has 2 aliphatic heterocycles. The van der Waals surface area contributed by atoms with Crippen molar-refractivity contribution in [2.24, 2.45) is 0 Å². The smallest absolute Gasteiger partial charge is 0.416 e. The molecule has 17 heteroatoms. The number of nitrogens with zero attached hydrogens (tertiary/aromatic N) is 8. The molecule has 2 aromatic carbocycles. The van der Waals surface area contributed by atoms with Crippen LogP contribution in [0.4, 0.5) is 24.5 Å². The van der Waals surface area contributed by atoms with E-state index in [1.165, 1.54) is 17.3 Å². The van der Waals surface area contributed by atoms with Crippen LogP contribution in [0.1, 0.15) is 51.1 Å². The Bertz CT molecular complexity index is 2380. The van der Waals surface area contributed by atoms with Gasteiger partial charge in [-0.3, -0.25) is 14.4 Å². The molecule has 8 rings (SSSR count). The van der Waals surface area contributed by atoms with Gasteiger partial charge in [0.1, 0.15) is 24.3 Å². The van der Waals surface area contributed by atoms with E-state index in [9.17, 15) is 32.7 Å². The second kappa shape index (κ2) is 12.9. The molecule has 0 atom stereocenters. The third-order valence-corrected chi connectivity index (χ3v) is 10.1. The van der Waals surface area contributed by atoms with Crippen molar-refractivity contribution in [2.75, 3.05) is 43.0 Å². The highest BCUT2D eigenvalue weighted by molar-refractivity contribution is 5.95. The summed E-state index contributed by atoms with van der Waals surface area (Å²) in [6, 6.07) is 7.86. The lowest BCUT2D eigenvalue weighted by Crippen LogP contribution is -2.51. The zero-order chi connectivity index (χ0) is 37.2. The Hall–Kier alpha value is -6.00. The number of piperazine rings is 1.